The summed E-state index contributed by atoms with van der Waals surface area (Å²) in [6, 6.07) is 0. The molecule has 3 nitrogen and oxygen atoms in total. The van der Waals surface area contributed by atoms with E-state index < -0.39 is 5.60 Å². The first-order valence-electron chi connectivity index (χ1n) is 3.62. The van der Waals surface area contributed by atoms with E-state index in [-0.39, 0.29) is 12.4 Å². The predicted molar refractivity (Wildman–Crippen MR) is 40.2 cm³/mol. The molecule has 1 atom stereocenters. The number of carbonyl (C=O) groups is 1. The van der Waals surface area contributed by atoms with E-state index in [0.717, 1.165) is 0 Å². The van der Waals surface area contributed by atoms with Crippen LogP contribution in [0.3, 0.4) is 0 Å². The minimum atomic E-state index is -0.950. The van der Waals surface area contributed by atoms with Gasteiger partial charge in [0, 0.05) is 6.42 Å². The Balaban J connectivity index is 2.75. The molecule has 3 heteroatoms. The fourth-order valence-electron chi connectivity index (χ4n) is 1.08. The zero-order valence-corrected chi connectivity index (χ0v) is 6.54. The highest BCUT2D eigenvalue weighted by Crippen LogP contribution is 2.20. The number of aliphatic hydroxyl groups excluding tert-OH is 1. The van der Waals surface area contributed by atoms with Gasteiger partial charge in [0.05, 0.1) is 13.2 Å². The number of hydrogen-bond donors (Lipinski definition) is 1. The smallest absolute Gasteiger partial charge is 0.164 e. The van der Waals surface area contributed by atoms with Crippen molar-refractivity contribution in [2.24, 2.45) is 0 Å². The van der Waals surface area contributed by atoms with Crippen LogP contribution in [0.5, 0.6) is 0 Å². The number of rotatable bonds is 2. The molecule has 0 amide bonds. The quantitative estimate of drug-likeness (QED) is 0.584. The summed E-state index contributed by atoms with van der Waals surface area (Å²) < 4.78 is 5.19. The van der Waals surface area contributed by atoms with Crippen LogP contribution in [0.1, 0.15) is 13.3 Å². The second kappa shape index (κ2) is 3.15. The molecule has 1 unspecified atom stereocenters. The van der Waals surface area contributed by atoms with Crippen LogP contribution >= 0.6 is 0 Å². The summed E-state index contributed by atoms with van der Waals surface area (Å²) in [6.07, 6.45) is 4.19. The Morgan fingerprint density at radius 3 is 2.73 bits per heavy atom. The Bertz CT molecular complexity index is 186. The fourth-order valence-corrected chi connectivity index (χ4v) is 1.08. The van der Waals surface area contributed by atoms with E-state index in [2.05, 4.69) is 0 Å². The lowest BCUT2D eigenvalue weighted by molar-refractivity contribution is -0.147. The molecule has 0 bridgehead atoms. The Kier molecular flexibility index (Phi) is 2.42. The van der Waals surface area contributed by atoms with Gasteiger partial charge in [-0.25, -0.2) is 0 Å². The highest BCUT2D eigenvalue weighted by Gasteiger charge is 2.35. The van der Waals surface area contributed by atoms with Crippen LogP contribution in [0.4, 0.5) is 0 Å². The Labute approximate surface area is 65.7 Å². The predicted octanol–water partition coefficient (Wildman–Crippen LogP) is 0.283. The van der Waals surface area contributed by atoms with Gasteiger partial charge in [0.25, 0.3) is 0 Å². The van der Waals surface area contributed by atoms with Crippen molar-refractivity contribution in [1.82, 2.24) is 0 Å². The SMILES string of the molecule is CC(=O)C1(CO)CC=CCO1. The number of carbonyl (C=O) groups excluding carboxylic acids is 1. The lowest BCUT2D eigenvalue weighted by atomic mass is 9.94. The molecule has 0 aromatic carbocycles. The molecule has 1 rings (SSSR count). The van der Waals surface area contributed by atoms with Crippen LogP contribution in [-0.4, -0.2) is 29.7 Å². The lowest BCUT2D eigenvalue weighted by Gasteiger charge is -2.30. The summed E-state index contributed by atoms with van der Waals surface area (Å²) in [5.74, 6) is -0.107. The largest absolute Gasteiger partial charge is 0.393 e. The third-order valence-electron chi connectivity index (χ3n) is 1.97. The van der Waals surface area contributed by atoms with E-state index in [1.54, 1.807) is 0 Å². The van der Waals surface area contributed by atoms with Gasteiger partial charge < -0.3 is 9.84 Å². The van der Waals surface area contributed by atoms with Gasteiger partial charge in [0.15, 0.2) is 11.4 Å². The number of Topliss-reactive ketones (excluding diaryl/α,β-unsaturated/α-hetero) is 1. The molecule has 0 saturated heterocycles. The third-order valence-corrected chi connectivity index (χ3v) is 1.97. The molecule has 0 aliphatic carbocycles. The van der Waals surface area contributed by atoms with Crippen molar-refractivity contribution in [3.05, 3.63) is 12.2 Å². The van der Waals surface area contributed by atoms with Crippen molar-refractivity contribution in [3.63, 3.8) is 0 Å². The second-order valence-corrected chi connectivity index (χ2v) is 2.70. The minimum absolute atomic E-state index is 0.107. The molecule has 0 fully saturated rings. The molecule has 1 aliphatic rings. The summed E-state index contributed by atoms with van der Waals surface area (Å²) in [4.78, 5) is 11.0. The summed E-state index contributed by atoms with van der Waals surface area (Å²) in [6.45, 7) is 1.63. The molecule has 0 spiro atoms. The van der Waals surface area contributed by atoms with Crippen molar-refractivity contribution in [3.8, 4) is 0 Å². The van der Waals surface area contributed by atoms with Crippen molar-refractivity contribution in [1.29, 1.82) is 0 Å². The van der Waals surface area contributed by atoms with Gasteiger partial charge >= 0.3 is 0 Å². The Morgan fingerprint density at radius 1 is 1.73 bits per heavy atom. The van der Waals surface area contributed by atoms with Gasteiger partial charge in [-0.2, -0.15) is 0 Å². The average molecular weight is 156 g/mol. The first-order valence-corrected chi connectivity index (χ1v) is 3.62. The fraction of sp³-hybridized carbons (Fsp3) is 0.625. The zero-order valence-electron chi connectivity index (χ0n) is 6.54. The van der Waals surface area contributed by atoms with E-state index in [0.29, 0.717) is 13.0 Å². The van der Waals surface area contributed by atoms with Gasteiger partial charge in [-0.3, -0.25) is 4.79 Å². The zero-order chi connectivity index (χ0) is 8.32. The van der Waals surface area contributed by atoms with Crippen LogP contribution in [0, 0.1) is 0 Å². The normalized spacial score (nSPS) is 30.4. The van der Waals surface area contributed by atoms with Crippen LogP contribution in [0.2, 0.25) is 0 Å². The molecule has 62 valence electrons. The molecule has 0 aromatic heterocycles. The van der Waals surface area contributed by atoms with Gasteiger partial charge in [-0.05, 0) is 6.92 Å². The van der Waals surface area contributed by atoms with E-state index in [1.165, 1.54) is 6.92 Å². The molecule has 1 aliphatic heterocycles. The highest BCUT2D eigenvalue weighted by atomic mass is 16.5. The number of hydrogen-bond acceptors (Lipinski definition) is 3. The van der Waals surface area contributed by atoms with Gasteiger partial charge in [0.2, 0.25) is 0 Å². The standard InChI is InChI=1S/C8H12O3/c1-7(10)8(6-9)4-2-3-5-11-8/h2-3,9H,4-6H2,1H3. The summed E-state index contributed by atoms with van der Waals surface area (Å²) in [5, 5.41) is 8.93. The van der Waals surface area contributed by atoms with Crippen molar-refractivity contribution >= 4 is 5.78 Å². The van der Waals surface area contributed by atoms with Crippen LogP contribution < -0.4 is 0 Å². The summed E-state index contributed by atoms with van der Waals surface area (Å²) in [5.41, 5.74) is -0.950. The van der Waals surface area contributed by atoms with Crippen molar-refractivity contribution in [2.75, 3.05) is 13.2 Å². The Morgan fingerprint density at radius 2 is 2.45 bits per heavy atom. The minimum Gasteiger partial charge on any atom is -0.393 e. The maximum absolute atomic E-state index is 11.0. The monoisotopic (exact) mass is 156 g/mol. The van der Waals surface area contributed by atoms with Crippen LogP contribution in [0.25, 0.3) is 0 Å². The summed E-state index contributed by atoms with van der Waals surface area (Å²) in [7, 11) is 0. The number of aliphatic hydroxyl groups is 1. The van der Waals surface area contributed by atoms with E-state index in [9.17, 15) is 4.79 Å². The van der Waals surface area contributed by atoms with E-state index in [1.807, 2.05) is 12.2 Å². The van der Waals surface area contributed by atoms with Crippen molar-refractivity contribution < 1.29 is 14.6 Å². The van der Waals surface area contributed by atoms with Crippen LogP contribution in [-0.2, 0) is 9.53 Å². The number of ether oxygens (including phenoxy) is 1. The number of ketones is 1. The molecule has 1 N–H and O–H groups in total. The van der Waals surface area contributed by atoms with E-state index >= 15 is 0 Å². The molecular formula is C8H12O3. The highest BCUT2D eigenvalue weighted by molar-refractivity contribution is 5.85. The first-order chi connectivity index (χ1) is 5.21. The lowest BCUT2D eigenvalue weighted by Crippen LogP contribution is -2.44. The van der Waals surface area contributed by atoms with Gasteiger partial charge in [-0.15, -0.1) is 0 Å². The van der Waals surface area contributed by atoms with E-state index in [4.69, 9.17) is 9.84 Å². The maximum atomic E-state index is 11.0. The molecule has 0 radical (unpaired) electrons. The maximum Gasteiger partial charge on any atom is 0.164 e. The van der Waals surface area contributed by atoms with Gasteiger partial charge in [-0.1, -0.05) is 12.2 Å². The molecule has 11 heavy (non-hydrogen) atoms. The Hall–Kier alpha value is -0.670. The topological polar surface area (TPSA) is 46.5 Å². The van der Waals surface area contributed by atoms with Crippen molar-refractivity contribution in [2.45, 2.75) is 18.9 Å². The molecule has 1 heterocycles. The molecular weight excluding hydrogens is 144 g/mol. The first kappa shape index (κ1) is 8.43. The molecule has 0 aromatic rings. The van der Waals surface area contributed by atoms with Gasteiger partial charge in [0.1, 0.15) is 0 Å². The average Bonchev–Trinajstić information content (AvgIpc) is 2.05. The molecule has 0 saturated carbocycles. The van der Waals surface area contributed by atoms with Crippen LogP contribution in [0.15, 0.2) is 12.2 Å². The second-order valence-electron chi connectivity index (χ2n) is 2.70. The summed E-state index contributed by atoms with van der Waals surface area (Å²) >= 11 is 0. The third kappa shape index (κ3) is 1.49.